The lowest BCUT2D eigenvalue weighted by atomic mass is 9.81. The van der Waals surface area contributed by atoms with Crippen molar-refractivity contribution in [1.82, 2.24) is 0 Å². The van der Waals surface area contributed by atoms with Crippen molar-refractivity contribution in [3.8, 4) is 0 Å². The van der Waals surface area contributed by atoms with Crippen LogP contribution in [0.4, 0.5) is 0 Å². The first-order chi connectivity index (χ1) is 15.7. The maximum atomic E-state index is 6.27. The molecule has 1 spiro atoms. The Labute approximate surface area is 192 Å². The predicted molar refractivity (Wildman–Crippen MR) is 128 cm³/mol. The van der Waals surface area contributed by atoms with Crippen LogP contribution >= 0.6 is 0 Å². The monoisotopic (exact) mass is 432 g/mol. The summed E-state index contributed by atoms with van der Waals surface area (Å²) in [6.45, 7) is 4.81. The van der Waals surface area contributed by atoms with Crippen molar-refractivity contribution in [2.45, 2.75) is 87.9 Å². The first kappa shape index (κ1) is 21.9. The first-order valence-corrected chi connectivity index (χ1v) is 12.5. The Kier molecular flexibility index (Phi) is 6.77. The topological polar surface area (TPSA) is 27.7 Å². The van der Waals surface area contributed by atoms with E-state index in [9.17, 15) is 0 Å². The van der Waals surface area contributed by atoms with Crippen molar-refractivity contribution in [3.63, 3.8) is 0 Å². The third-order valence-electron chi connectivity index (χ3n) is 7.83. The van der Waals surface area contributed by atoms with Gasteiger partial charge in [0.25, 0.3) is 0 Å². The van der Waals surface area contributed by atoms with E-state index in [0.29, 0.717) is 18.4 Å². The standard InChI is InChI=1S/C29H36O3/c1-22(23-13-15-26(16-14-23)24-9-5-2-3-6-10-24)28-21-30-29(32-31-28)19-17-27(18-20-29)25-11-7-4-8-12-25/h4,7-8,11-16,24,27-28H,1-3,5-6,9-10,17-21H2. The summed E-state index contributed by atoms with van der Waals surface area (Å²) in [5.74, 6) is 0.697. The molecule has 2 saturated carbocycles. The second-order valence-corrected chi connectivity index (χ2v) is 9.91. The van der Waals surface area contributed by atoms with E-state index in [1.165, 1.54) is 49.7 Å². The molecule has 2 aromatic rings. The average Bonchev–Trinajstić information content (AvgIpc) is 3.15. The Morgan fingerprint density at radius 3 is 2.00 bits per heavy atom. The highest BCUT2D eigenvalue weighted by Crippen LogP contribution is 2.43. The number of rotatable bonds is 4. The van der Waals surface area contributed by atoms with Crippen LogP contribution in [0.1, 0.15) is 92.7 Å². The zero-order valence-corrected chi connectivity index (χ0v) is 19.1. The van der Waals surface area contributed by atoms with Gasteiger partial charge >= 0.3 is 0 Å². The van der Waals surface area contributed by atoms with E-state index in [2.05, 4.69) is 61.2 Å². The van der Waals surface area contributed by atoms with Gasteiger partial charge in [-0.1, -0.05) is 86.9 Å². The summed E-state index contributed by atoms with van der Waals surface area (Å²) in [4.78, 5) is 11.8. The average molecular weight is 433 g/mol. The lowest BCUT2D eigenvalue weighted by molar-refractivity contribution is -0.483. The molecule has 3 nitrogen and oxygen atoms in total. The van der Waals surface area contributed by atoms with Crippen molar-refractivity contribution in [2.75, 3.05) is 6.61 Å². The number of benzene rings is 2. The van der Waals surface area contributed by atoms with Crippen LogP contribution in [0.25, 0.3) is 5.57 Å². The third kappa shape index (κ3) is 4.85. The Bertz CT molecular complexity index is 862. The minimum absolute atomic E-state index is 0.254. The first-order valence-electron chi connectivity index (χ1n) is 12.5. The van der Waals surface area contributed by atoms with Crippen LogP contribution in [0.15, 0.2) is 61.2 Å². The maximum Gasteiger partial charge on any atom is 0.201 e. The predicted octanol–water partition coefficient (Wildman–Crippen LogP) is 7.54. The molecule has 3 heteroatoms. The summed E-state index contributed by atoms with van der Waals surface area (Å²) >= 11 is 0. The van der Waals surface area contributed by atoms with Gasteiger partial charge in [-0.3, -0.25) is 0 Å². The van der Waals surface area contributed by atoms with Crippen molar-refractivity contribution in [3.05, 3.63) is 77.9 Å². The van der Waals surface area contributed by atoms with Crippen LogP contribution in [-0.2, 0) is 14.5 Å². The van der Waals surface area contributed by atoms with E-state index in [0.717, 1.165) is 36.8 Å². The minimum atomic E-state index is -0.592. The maximum absolute atomic E-state index is 6.27. The molecule has 1 heterocycles. The molecule has 3 fully saturated rings. The Balaban J connectivity index is 1.14. The highest BCUT2D eigenvalue weighted by Gasteiger charge is 2.43. The molecule has 3 aliphatic rings. The van der Waals surface area contributed by atoms with E-state index in [4.69, 9.17) is 14.5 Å². The zero-order valence-electron chi connectivity index (χ0n) is 19.1. The van der Waals surface area contributed by atoms with Crippen LogP contribution in [0.5, 0.6) is 0 Å². The summed E-state index contributed by atoms with van der Waals surface area (Å²) in [5.41, 5.74) is 4.93. The van der Waals surface area contributed by atoms with Gasteiger partial charge < -0.3 is 4.74 Å². The Morgan fingerprint density at radius 1 is 0.750 bits per heavy atom. The van der Waals surface area contributed by atoms with Gasteiger partial charge in [0.1, 0.15) is 6.10 Å². The largest absolute Gasteiger partial charge is 0.344 e. The van der Waals surface area contributed by atoms with Crippen molar-refractivity contribution >= 4 is 5.57 Å². The van der Waals surface area contributed by atoms with E-state index >= 15 is 0 Å². The lowest BCUT2D eigenvalue weighted by Gasteiger charge is -2.43. The quantitative estimate of drug-likeness (QED) is 0.369. The molecule has 1 unspecified atom stereocenters. The second-order valence-electron chi connectivity index (χ2n) is 9.91. The molecule has 0 aromatic heterocycles. The minimum Gasteiger partial charge on any atom is -0.344 e. The fourth-order valence-electron chi connectivity index (χ4n) is 5.70. The van der Waals surface area contributed by atoms with Crippen molar-refractivity contribution in [1.29, 1.82) is 0 Å². The molecule has 170 valence electrons. The van der Waals surface area contributed by atoms with Crippen LogP contribution in [0.3, 0.4) is 0 Å². The van der Waals surface area contributed by atoms with Crippen LogP contribution < -0.4 is 0 Å². The molecule has 5 rings (SSSR count). The fraction of sp³-hybridized carbons (Fsp3) is 0.517. The molecule has 0 N–H and O–H groups in total. The van der Waals surface area contributed by atoms with E-state index in [-0.39, 0.29) is 6.10 Å². The summed E-state index contributed by atoms with van der Waals surface area (Å²) in [5, 5.41) is 0. The normalized spacial score (nSPS) is 29.5. The van der Waals surface area contributed by atoms with E-state index < -0.39 is 5.79 Å². The summed E-state index contributed by atoms with van der Waals surface area (Å²) in [7, 11) is 0. The van der Waals surface area contributed by atoms with Crippen LogP contribution in [0.2, 0.25) is 0 Å². The van der Waals surface area contributed by atoms with Gasteiger partial charge in [0.05, 0.1) is 6.61 Å². The number of hydrogen-bond donors (Lipinski definition) is 0. The zero-order chi connectivity index (χ0) is 21.8. The molecule has 0 radical (unpaired) electrons. The highest BCUT2D eigenvalue weighted by molar-refractivity contribution is 5.67. The molecule has 0 bridgehead atoms. The van der Waals surface area contributed by atoms with Crippen LogP contribution in [0, 0.1) is 0 Å². The van der Waals surface area contributed by atoms with Gasteiger partial charge in [-0.15, -0.1) is 0 Å². The van der Waals surface area contributed by atoms with E-state index in [1.54, 1.807) is 0 Å². The van der Waals surface area contributed by atoms with Crippen molar-refractivity contribution < 1.29 is 14.5 Å². The highest BCUT2D eigenvalue weighted by atomic mass is 17.2. The molecule has 0 amide bonds. The molecule has 1 atom stereocenters. The SMILES string of the molecule is C=C(c1ccc(C2CCCCCC2)cc1)C1COC2(CCC(c3ccccc3)CC2)OO1. The van der Waals surface area contributed by atoms with Gasteiger partial charge in [-0.2, -0.15) is 0 Å². The Hall–Kier alpha value is -1.94. The number of hydrogen-bond acceptors (Lipinski definition) is 3. The summed E-state index contributed by atoms with van der Waals surface area (Å²) in [6.07, 6.45) is 11.7. The molecular formula is C29H36O3. The van der Waals surface area contributed by atoms with Gasteiger partial charge in [0.2, 0.25) is 5.79 Å². The third-order valence-corrected chi connectivity index (χ3v) is 7.83. The number of ether oxygens (including phenoxy) is 1. The van der Waals surface area contributed by atoms with E-state index in [1.807, 2.05) is 0 Å². The summed E-state index contributed by atoms with van der Waals surface area (Å²) < 4.78 is 6.27. The molecule has 2 aliphatic carbocycles. The van der Waals surface area contributed by atoms with Gasteiger partial charge in [-0.05, 0) is 59.8 Å². The summed E-state index contributed by atoms with van der Waals surface area (Å²) in [6, 6.07) is 19.7. The van der Waals surface area contributed by atoms with Gasteiger partial charge in [0, 0.05) is 12.8 Å². The van der Waals surface area contributed by atoms with Crippen LogP contribution in [-0.4, -0.2) is 18.5 Å². The lowest BCUT2D eigenvalue weighted by Crippen LogP contribution is -2.47. The molecule has 32 heavy (non-hydrogen) atoms. The molecule has 1 saturated heterocycles. The van der Waals surface area contributed by atoms with Gasteiger partial charge in [0.15, 0.2) is 0 Å². The fourth-order valence-corrected chi connectivity index (χ4v) is 5.70. The smallest absolute Gasteiger partial charge is 0.201 e. The van der Waals surface area contributed by atoms with Crippen molar-refractivity contribution in [2.24, 2.45) is 0 Å². The second kappa shape index (κ2) is 9.91. The van der Waals surface area contributed by atoms with Gasteiger partial charge in [-0.25, -0.2) is 9.78 Å². The molecular weight excluding hydrogens is 396 g/mol. The molecule has 1 aliphatic heterocycles. The molecule has 2 aromatic carbocycles. The Morgan fingerprint density at radius 2 is 1.38 bits per heavy atom.